The molecule has 1 atom stereocenters. The van der Waals surface area contributed by atoms with Crippen molar-refractivity contribution in [2.45, 2.75) is 26.3 Å². The van der Waals surface area contributed by atoms with E-state index in [0.29, 0.717) is 6.04 Å². The summed E-state index contributed by atoms with van der Waals surface area (Å²) in [6, 6.07) is 0.495. The zero-order valence-corrected chi connectivity index (χ0v) is 5.39. The lowest BCUT2D eigenvalue weighted by atomic mass is 10.1. The van der Waals surface area contributed by atoms with E-state index in [4.69, 9.17) is 0 Å². The fourth-order valence-electron chi connectivity index (χ4n) is 0.921. The summed E-state index contributed by atoms with van der Waals surface area (Å²) in [5, 5.41) is 0. The van der Waals surface area contributed by atoms with Gasteiger partial charge in [0.1, 0.15) is 0 Å². The van der Waals surface area contributed by atoms with E-state index < -0.39 is 0 Å². The van der Waals surface area contributed by atoms with Gasteiger partial charge in [0, 0.05) is 6.21 Å². The van der Waals surface area contributed by atoms with E-state index in [0.717, 1.165) is 6.42 Å². The zero-order chi connectivity index (χ0) is 5.98. The van der Waals surface area contributed by atoms with E-state index in [1.54, 1.807) is 0 Å². The highest BCUT2D eigenvalue weighted by molar-refractivity contribution is 5.75. The second kappa shape index (κ2) is 2.12. The molecule has 1 aliphatic rings. The summed E-state index contributed by atoms with van der Waals surface area (Å²) >= 11 is 0. The Labute approximate surface area is 50.1 Å². The van der Waals surface area contributed by atoms with Gasteiger partial charge in [-0.25, -0.2) is 0 Å². The van der Waals surface area contributed by atoms with Gasteiger partial charge < -0.3 is 0 Å². The standard InChI is InChI=1S/C7H11N/c1-3-7-6(2)4-5-8-7/h4-5,7H,3H2,1-2H3. The van der Waals surface area contributed by atoms with Crippen LogP contribution in [0.25, 0.3) is 0 Å². The van der Waals surface area contributed by atoms with Crippen LogP contribution in [0.1, 0.15) is 20.3 Å². The molecule has 0 aromatic rings. The van der Waals surface area contributed by atoms with E-state index >= 15 is 0 Å². The van der Waals surface area contributed by atoms with E-state index in [1.165, 1.54) is 5.57 Å². The molecule has 1 nitrogen and oxygen atoms in total. The quantitative estimate of drug-likeness (QED) is 0.487. The third-order valence-electron chi connectivity index (χ3n) is 1.52. The van der Waals surface area contributed by atoms with Gasteiger partial charge in [-0.05, 0) is 25.0 Å². The number of nitrogens with zero attached hydrogens (tertiary/aromatic N) is 1. The third-order valence-corrected chi connectivity index (χ3v) is 1.52. The second-order valence-electron chi connectivity index (χ2n) is 2.13. The number of rotatable bonds is 1. The van der Waals surface area contributed by atoms with Crippen molar-refractivity contribution in [1.82, 2.24) is 0 Å². The van der Waals surface area contributed by atoms with Crippen LogP contribution in [0.2, 0.25) is 0 Å². The molecule has 1 rings (SSSR count). The van der Waals surface area contributed by atoms with Crippen LogP contribution >= 0.6 is 0 Å². The Morgan fingerprint density at radius 3 is 2.75 bits per heavy atom. The highest BCUT2D eigenvalue weighted by Crippen LogP contribution is 2.12. The summed E-state index contributed by atoms with van der Waals surface area (Å²) in [6.07, 6.45) is 5.11. The molecular weight excluding hydrogens is 98.1 g/mol. The highest BCUT2D eigenvalue weighted by atomic mass is 14.8. The van der Waals surface area contributed by atoms with Crippen LogP contribution < -0.4 is 0 Å². The molecule has 0 saturated heterocycles. The zero-order valence-electron chi connectivity index (χ0n) is 5.39. The first-order valence-corrected chi connectivity index (χ1v) is 3.04. The molecule has 0 aromatic heterocycles. The molecule has 0 saturated carbocycles. The maximum atomic E-state index is 4.22. The van der Waals surface area contributed by atoms with Gasteiger partial charge in [0.2, 0.25) is 0 Å². The van der Waals surface area contributed by atoms with Crippen LogP contribution in [0, 0.1) is 0 Å². The normalized spacial score (nSPS) is 26.2. The van der Waals surface area contributed by atoms with Crippen LogP contribution in [0.3, 0.4) is 0 Å². The molecule has 0 fully saturated rings. The first-order chi connectivity index (χ1) is 3.84. The van der Waals surface area contributed by atoms with E-state index in [1.807, 2.05) is 6.21 Å². The van der Waals surface area contributed by atoms with Gasteiger partial charge in [0.25, 0.3) is 0 Å². The fraction of sp³-hybridized carbons (Fsp3) is 0.571. The predicted octanol–water partition coefficient (Wildman–Crippen LogP) is 1.80. The maximum Gasteiger partial charge on any atom is 0.0707 e. The van der Waals surface area contributed by atoms with Crippen molar-refractivity contribution in [3.8, 4) is 0 Å². The Morgan fingerprint density at radius 1 is 1.75 bits per heavy atom. The molecular formula is C7H11N. The fourth-order valence-corrected chi connectivity index (χ4v) is 0.921. The number of hydrogen-bond acceptors (Lipinski definition) is 1. The van der Waals surface area contributed by atoms with Crippen molar-refractivity contribution in [2.24, 2.45) is 4.99 Å². The third kappa shape index (κ3) is 0.808. The largest absolute Gasteiger partial charge is 0.285 e. The molecule has 0 aromatic carbocycles. The molecule has 0 aliphatic carbocycles. The molecule has 1 aliphatic heterocycles. The van der Waals surface area contributed by atoms with Gasteiger partial charge in [-0.15, -0.1) is 0 Å². The Kier molecular flexibility index (Phi) is 1.47. The Balaban J connectivity index is 2.58. The maximum absolute atomic E-state index is 4.22. The molecule has 0 amide bonds. The summed E-state index contributed by atoms with van der Waals surface area (Å²) < 4.78 is 0. The number of hydrogen-bond donors (Lipinski definition) is 0. The molecule has 44 valence electrons. The van der Waals surface area contributed by atoms with Crippen LogP contribution in [0.5, 0.6) is 0 Å². The summed E-state index contributed by atoms with van der Waals surface area (Å²) in [7, 11) is 0. The Bertz CT molecular complexity index is 133. The lowest BCUT2D eigenvalue weighted by Gasteiger charge is -2.02. The number of aliphatic imine (C=N–C) groups is 1. The van der Waals surface area contributed by atoms with Crippen molar-refractivity contribution in [2.75, 3.05) is 0 Å². The van der Waals surface area contributed by atoms with E-state index in [9.17, 15) is 0 Å². The molecule has 1 heteroatoms. The molecule has 0 bridgehead atoms. The van der Waals surface area contributed by atoms with Crippen molar-refractivity contribution < 1.29 is 0 Å². The summed E-state index contributed by atoms with van der Waals surface area (Å²) in [5.41, 5.74) is 1.40. The van der Waals surface area contributed by atoms with Crippen LogP contribution in [-0.4, -0.2) is 12.3 Å². The molecule has 8 heavy (non-hydrogen) atoms. The van der Waals surface area contributed by atoms with Crippen molar-refractivity contribution in [3.63, 3.8) is 0 Å². The van der Waals surface area contributed by atoms with Crippen LogP contribution in [0.4, 0.5) is 0 Å². The minimum Gasteiger partial charge on any atom is -0.285 e. The summed E-state index contributed by atoms with van der Waals surface area (Å²) in [5.74, 6) is 0. The lowest BCUT2D eigenvalue weighted by molar-refractivity contribution is 0.758. The topological polar surface area (TPSA) is 12.4 Å². The van der Waals surface area contributed by atoms with Crippen LogP contribution in [0.15, 0.2) is 16.6 Å². The monoisotopic (exact) mass is 109 g/mol. The average Bonchev–Trinajstić information content (AvgIpc) is 2.14. The number of allylic oxidation sites excluding steroid dienone is 1. The van der Waals surface area contributed by atoms with Crippen molar-refractivity contribution >= 4 is 6.21 Å². The predicted molar refractivity (Wildman–Crippen MR) is 36.3 cm³/mol. The second-order valence-corrected chi connectivity index (χ2v) is 2.13. The van der Waals surface area contributed by atoms with Crippen molar-refractivity contribution in [3.05, 3.63) is 11.6 Å². The summed E-state index contributed by atoms with van der Waals surface area (Å²) in [6.45, 7) is 4.28. The minimum absolute atomic E-state index is 0.495. The van der Waals surface area contributed by atoms with Gasteiger partial charge in [-0.3, -0.25) is 4.99 Å². The van der Waals surface area contributed by atoms with Gasteiger partial charge in [-0.1, -0.05) is 6.92 Å². The van der Waals surface area contributed by atoms with E-state index in [2.05, 4.69) is 24.9 Å². The van der Waals surface area contributed by atoms with Gasteiger partial charge in [-0.2, -0.15) is 0 Å². The smallest absolute Gasteiger partial charge is 0.0707 e. The molecule has 0 spiro atoms. The van der Waals surface area contributed by atoms with E-state index in [-0.39, 0.29) is 0 Å². The van der Waals surface area contributed by atoms with Gasteiger partial charge >= 0.3 is 0 Å². The minimum atomic E-state index is 0.495. The van der Waals surface area contributed by atoms with Gasteiger partial charge in [0.05, 0.1) is 6.04 Å². The SMILES string of the molecule is CCC1N=CC=C1C. The highest BCUT2D eigenvalue weighted by Gasteiger charge is 2.07. The van der Waals surface area contributed by atoms with Crippen molar-refractivity contribution in [1.29, 1.82) is 0 Å². The molecule has 0 N–H and O–H groups in total. The average molecular weight is 109 g/mol. The Morgan fingerprint density at radius 2 is 2.50 bits per heavy atom. The molecule has 0 radical (unpaired) electrons. The first-order valence-electron chi connectivity index (χ1n) is 3.04. The summed E-state index contributed by atoms with van der Waals surface area (Å²) in [4.78, 5) is 4.22. The van der Waals surface area contributed by atoms with Crippen LogP contribution in [-0.2, 0) is 0 Å². The molecule has 1 heterocycles. The van der Waals surface area contributed by atoms with Gasteiger partial charge in [0.15, 0.2) is 0 Å². The molecule has 1 unspecified atom stereocenters. The first kappa shape index (κ1) is 5.54. The Hall–Kier alpha value is -0.590. The lowest BCUT2D eigenvalue weighted by Crippen LogP contribution is -1.98.